The van der Waals surface area contributed by atoms with E-state index in [1.54, 1.807) is 13.3 Å². The van der Waals surface area contributed by atoms with Gasteiger partial charge in [-0.3, -0.25) is 0 Å². The third-order valence-corrected chi connectivity index (χ3v) is 5.77. The van der Waals surface area contributed by atoms with E-state index in [0.717, 1.165) is 37.4 Å². The summed E-state index contributed by atoms with van der Waals surface area (Å²) in [7, 11) is 1.56. The Morgan fingerprint density at radius 3 is 2.93 bits per heavy atom. The van der Waals surface area contributed by atoms with Gasteiger partial charge in [-0.2, -0.15) is 0 Å². The van der Waals surface area contributed by atoms with Crippen LogP contribution in [0.15, 0.2) is 24.4 Å². The van der Waals surface area contributed by atoms with Gasteiger partial charge in [-0.15, -0.1) is 11.3 Å². The molecular formula is C20H15FN3O2S. The van der Waals surface area contributed by atoms with Gasteiger partial charge < -0.3 is 9.47 Å². The van der Waals surface area contributed by atoms with Gasteiger partial charge >= 0.3 is 0 Å². The Hall–Kier alpha value is -2.80. The molecule has 27 heavy (non-hydrogen) atoms. The molecule has 4 aromatic rings. The Morgan fingerprint density at radius 2 is 2.11 bits per heavy atom. The van der Waals surface area contributed by atoms with Gasteiger partial charge in [0.25, 0.3) is 0 Å². The number of aryl methyl sites for hydroxylation is 1. The van der Waals surface area contributed by atoms with Crippen molar-refractivity contribution < 1.29 is 13.9 Å². The molecule has 3 heterocycles. The fourth-order valence-electron chi connectivity index (χ4n) is 3.45. The van der Waals surface area contributed by atoms with Crippen LogP contribution in [0.25, 0.3) is 31.8 Å². The molecule has 2 aromatic heterocycles. The molecule has 7 heteroatoms. The number of aromatic nitrogens is 3. The zero-order chi connectivity index (χ0) is 18.7. The number of methoxy groups -OCH3 is 1. The number of hydrogen-bond donors (Lipinski definition) is 0. The van der Waals surface area contributed by atoms with E-state index in [-0.39, 0.29) is 11.9 Å². The van der Waals surface area contributed by atoms with Crippen LogP contribution in [0.5, 0.6) is 11.6 Å². The number of rotatable bonds is 2. The summed E-state index contributed by atoms with van der Waals surface area (Å²) in [6.45, 7) is 5.90. The highest BCUT2D eigenvalue weighted by atomic mass is 32.1. The molecule has 0 bridgehead atoms. The predicted molar refractivity (Wildman–Crippen MR) is 103 cm³/mol. The lowest BCUT2D eigenvalue weighted by atomic mass is 10.1. The summed E-state index contributed by atoms with van der Waals surface area (Å²) in [5, 5.41) is 0.776. The van der Waals surface area contributed by atoms with Gasteiger partial charge in [0.05, 0.1) is 34.6 Å². The summed E-state index contributed by atoms with van der Waals surface area (Å²) in [5.41, 5.74) is 4.86. The Bertz CT molecular complexity index is 1220. The number of hydrogen-bond acceptors (Lipinski definition) is 6. The molecule has 1 aliphatic heterocycles. The summed E-state index contributed by atoms with van der Waals surface area (Å²) in [5.74, 6) is 0.373. The van der Waals surface area contributed by atoms with Crippen molar-refractivity contribution in [3.63, 3.8) is 0 Å². The maximum Gasteiger partial charge on any atom is 0.232 e. The van der Waals surface area contributed by atoms with Crippen LogP contribution in [0.4, 0.5) is 4.39 Å². The lowest BCUT2D eigenvalue weighted by molar-refractivity contribution is 0.269. The minimum Gasteiger partial charge on any atom is -0.487 e. The number of nitrogens with zero attached hydrogens (tertiary/aromatic N) is 3. The first-order valence-corrected chi connectivity index (χ1v) is 9.28. The molecule has 0 saturated carbocycles. The van der Waals surface area contributed by atoms with Crippen LogP contribution in [-0.4, -0.2) is 28.2 Å². The predicted octanol–water partition coefficient (Wildman–Crippen LogP) is 4.50. The van der Waals surface area contributed by atoms with Crippen molar-refractivity contribution >= 4 is 32.6 Å². The third-order valence-electron chi connectivity index (χ3n) is 4.61. The molecule has 135 valence electrons. The molecule has 0 amide bonds. The van der Waals surface area contributed by atoms with Crippen molar-refractivity contribution in [3.8, 4) is 22.2 Å². The van der Waals surface area contributed by atoms with E-state index in [0.29, 0.717) is 23.6 Å². The second kappa shape index (κ2) is 5.85. The second-order valence-electron chi connectivity index (χ2n) is 6.57. The van der Waals surface area contributed by atoms with Crippen molar-refractivity contribution in [1.29, 1.82) is 0 Å². The van der Waals surface area contributed by atoms with Gasteiger partial charge in [0.15, 0.2) is 11.6 Å². The summed E-state index contributed by atoms with van der Waals surface area (Å²) in [4.78, 5) is 13.7. The Labute approximate surface area is 158 Å². The van der Waals surface area contributed by atoms with Gasteiger partial charge in [-0.1, -0.05) is 0 Å². The van der Waals surface area contributed by atoms with E-state index >= 15 is 0 Å². The molecule has 5 nitrogen and oxygen atoms in total. The van der Waals surface area contributed by atoms with Crippen LogP contribution in [0.3, 0.4) is 0 Å². The van der Waals surface area contributed by atoms with E-state index in [1.807, 2.05) is 19.1 Å². The minimum atomic E-state index is -0.390. The lowest BCUT2D eigenvalue weighted by Crippen LogP contribution is -2.06. The highest BCUT2D eigenvalue weighted by molar-refractivity contribution is 7.22. The molecule has 1 radical (unpaired) electrons. The first kappa shape index (κ1) is 16.4. The zero-order valence-corrected chi connectivity index (χ0v) is 15.6. The van der Waals surface area contributed by atoms with E-state index in [2.05, 4.69) is 21.9 Å². The molecule has 2 aromatic carbocycles. The van der Waals surface area contributed by atoms with Crippen LogP contribution in [0, 0.1) is 19.7 Å². The normalized spacial score (nSPS) is 15.9. The van der Waals surface area contributed by atoms with Crippen LogP contribution in [-0.2, 0) is 6.42 Å². The Kier molecular flexibility index (Phi) is 3.55. The maximum atomic E-state index is 14.4. The average molecular weight is 380 g/mol. The summed E-state index contributed by atoms with van der Waals surface area (Å²) >= 11 is 1.52. The highest BCUT2D eigenvalue weighted by Gasteiger charge is 2.27. The number of benzene rings is 2. The fourth-order valence-corrected chi connectivity index (χ4v) is 4.56. The fraction of sp³-hybridized carbons (Fsp3) is 0.200. The number of thiazole rings is 1. The van der Waals surface area contributed by atoms with Gasteiger partial charge in [-0.05, 0) is 31.5 Å². The van der Waals surface area contributed by atoms with Crippen LogP contribution < -0.4 is 9.47 Å². The molecule has 0 unspecified atom stereocenters. The summed E-state index contributed by atoms with van der Waals surface area (Å²) < 4.78 is 26.0. The quantitative estimate of drug-likeness (QED) is 0.512. The van der Waals surface area contributed by atoms with Gasteiger partial charge in [0, 0.05) is 23.6 Å². The molecule has 0 saturated heterocycles. The smallest absolute Gasteiger partial charge is 0.232 e. The summed E-state index contributed by atoms with van der Waals surface area (Å²) in [6.07, 6.45) is 1.90. The first-order valence-electron chi connectivity index (χ1n) is 8.47. The largest absolute Gasteiger partial charge is 0.487 e. The average Bonchev–Trinajstić information content (AvgIpc) is 3.23. The molecule has 1 aliphatic rings. The second-order valence-corrected chi connectivity index (χ2v) is 7.57. The van der Waals surface area contributed by atoms with Gasteiger partial charge in [-0.25, -0.2) is 19.3 Å². The molecule has 5 rings (SSSR count). The van der Waals surface area contributed by atoms with Crippen molar-refractivity contribution in [2.24, 2.45) is 0 Å². The minimum absolute atomic E-state index is 0.274. The number of halogens is 1. The first-order chi connectivity index (χ1) is 13.0. The Morgan fingerprint density at radius 1 is 1.26 bits per heavy atom. The van der Waals surface area contributed by atoms with E-state index in [9.17, 15) is 4.39 Å². The maximum absolute atomic E-state index is 14.4. The van der Waals surface area contributed by atoms with E-state index in [4.69, 9.17) is 9.47 Å². The molecule has 0 spiro atoms. The van der Waals surface area contributed by atoms with Gasteiger partial charge in [0.1, 0.15) is 11.1 Å². The zero-order valence-electron chi connectivity index (χ0n) is 14.7. The lowest BCUT2D eigenvalue weighted by Gasteiger charge is -2.06. The van der Waals surface area contributed by atoms with Crippen molar-refractivity contribution in [3.05, 3.63) is 48.3 Å². The van der Waals surface area contributed by atoms with Crippen molar-refractivity contribution in [2.45, 2.75) is 19.4 Å². The van der Waals surface area contributed by atoms with Crippen LogP contribution in [0.1, 0.15) is 11.1 Å². The third kappa shape index (κ3) is 2.53. The van der Waals surface area contributed by atoms with Crippen molar-refractivity contribution in [1.82, 2.24) is 15.0 Å². The van der Waals surface area contributed by atoms with Crippen LogP contribution >= 0.6 is 11.3 Å². The number of fused-ring (bicyclic) bond motifs is 4. The Balaban J connectivity index is 1.76. The topological polar surface area (TPSA) is 57.1 Å². The molecule has 0 aliphatic carbocycles. The molecular weight excluding hydrogens is 365 g/mol. The molecule has 0 N–H and O–H groups in total. The summed E-state index contributed by atoms with van der Waals surface area (Å²) in [6, 6.07) is 5.41. The monoisotopic (exact) mass is 380 g/mol. The van der Waals surface area contributed by atoms with Gasteiger partial charge in [0.2, 0.25) is 5.88 Å². The van der Waals surface area contributed by atoms with Crippen molar-refractivity contribution in [2.75, 3.05) is 7.11 Å². The molecule has 1 atom stereocenters. The van der Waals surface area contributed by atoms with E-state index < -0.39 is 0 Å². The standard InChI is InChI=1S/C20H15FN3O2S/c1-9-4-11(17-14(5-9)23-16(25-3)8-22-17)20-24-15-7-13(21)18-12(19(15)27-20)6-10(2)26-18/h4-5,7-8,10H,2,6H2,1,3H3/t10-/m1/s1. The van der Waals surface area contributed by atoms with Crippen LogP contribution in [0.2, 0.25) is 0 Å². The van der Waals surface area contributed by atoms with E-state index in [1.165, 1.54) is 17.4 Å². The molecule has 0 fully saturated rings. The highest BCUT2D eigenvalue weighted by Crippen LogP contribution is 2.43. The SMILES string of the molecule is [CH2][C@@H]1Cc2c(c(F)cc3nc(-c4cc(C)cc5nc(OC)cnc45)sc23)O1. The number of ether oxygens (including phenoxy) is 2.